The second-order valence-electron chi connectivity index (χ2n) is 19.1. The minimum atomic E-state index is -0.761. The van der Waals surface area contributed by atoms with Crippen LogP contribution in [0.5, 0.6) is 0 Å². The summed E-state index contributed by atoms with van der Waals surface area (Å²) in [5, 5.41) is 0. The van der Waals surface area contributed by atoms with Crippen LogP contribution in [-0.2, 0) is 28.6 Å². The fourth-order valence-corrected chi connectivity index (χ4v) is 8.36. The van der Waals surface area contributed by atoms with Crippen LogP contribution in [0.25, 0.3) is 0 Å². The summed E-state index contributed by atoms with van der Waals surface area (Å²) in [7, 11) is 0. The maximum absolute atomic E-state index is 12.8. The van der Waals surface area contributed by atoms with Gasteiger partial charge in [-0.25, -0.2) is 0 Å². The lowest BCUT2D eigenvalue weighted by Crippen LogP contribution is -2.30. The van der Waals surface area contributed by atoms with Crippen LogP contribution in [0.1, 0.15) is 310 Å². The summed E-state index contributed by atoms with van der Waals surface area (Å²) >= 11 is 0. The third-order valence-electron chi connectivity index (χ3n) is 12.9. The van der Waals surface area contributed by atoms with Crippen LogP contribution in [0.3, 0.4) is 0 Å². The number of carbonyl (C=O) groups excluding carboxylic acids is 3. The van der Waals surface area contributed by atoms with Gasteiger partial charge in [0, 0.05) is 19.3 Å². The number of esters is 3. The van der Waals surface area contributed by atoms with Crippen molar-refractivity contribution in [3.63, 3.8) is 0 Å². The van der Waals surface area contributed by atoms with E-state index in [9.17, 15) is 14.4 Å². The normalized spacial score (nSPS) is 12.4. The van der Waals surface area contributed by atoms with E-state index in [1.54, 1.807) is 0 Å². The summed E-state index contributed by atoms with van der Waals surface area (Å²) in [5.41, 5.74) is 0. The second-order valence-corrected chi connectivity index (χ2v) is 19.1. The first-order valence-electron chi connectivity index (χ1n) is 27.4. The first-order valence-corrected chi connectivity index (χ1v) is 27.4. The number of hydrogen-bond acceptors (Lipinski definition) is 6. The van der Waals surface area contributed by atoms with Gasteiger partial charge < -0.3 is 14.2 Å². The van der Waals surface area contributed by atoms with E-state index < -0.39 is 6.10 Å². The molecule has 0 rings (SSSR count). The predicted molar refractivity (Wildman–Crippen MR) is 261 cm³/mol. The first-order chi connectivity index (χ1) is 29.9. The van der Waals surface area contributed by atoms with E-state index in [1.807, 2.05) is 0 Å². The molecule has 0 aliphatic carbocycles. The SMILES string of the molecule is CCCCCCCCCCCCCCCCCCCCC(=O)OC[C@H](COC(=O)CCCCCCCCCCCCC)OC(=O)CCCCCCCCCCCCC(C)CC. The van der Waals surface area contributed by atoms with Crippen LogP contribution in [0, 0.1) is 5.92 Å². The molecule has 61 heavy (non-hydrogen) atoms. The quantitative estimate of drug-likeness (QED) is 0.0344. The zero-order valence-electron chi connectivity index (χ0n) is 41.6. The fourth-order valence-electron chi connectivity index (χ4n) is 8.36. The van der Waals surface area contributed by atoms with Crippen molar-refractivity contribution < 1.29 is 28.6 Å². The van der Waals surface area contributed by atoms with Crippen molar-refractivity contribution in [2.24, 2.45) is 5.92 Å². The van der Waals surface area contributed by atoms with Gasteiger partial charge in [0.05, 0.1) is 0 Å². The number of unbranched alkanes of at least 4 members (excludes halogenated alkanes) is 36. The molecule has 1 unspecified atom stereocenters. The highest BCUT2D eigenvalue weighted by atomic mass is 16.6. The molecule has 0 heterocycles. The monoisotopic (exact) mass is 863 g/mol. The second kappa shape index (κ2) is 49.4. The third-order valence-corrected chi connectivity index (χ3v) is 12.9. The standard InChI is InChI=1S/C55H106O6/c1-5-8-10-12-14-16-18-19-20-21-22-23-24-26-31-35-39-43-47-54(57)60-50-52(49-59-53(56)46-42-38-34-30-25-17-15-13-11-9-6-2)61-55(58)48-44-40-36-32-28-27-29-33-37-41-45-51(4)7-3/h51-52H,5-50H2,1-4H3/t51?,52-/m0/s1. The molecule has 0 aliphatic heterocycles. The van der Waals surface area contributed by atoms with Crippen LogP contribution in [0.15, 0.2) is 0 Å². The van der Waals surface area contributed by atoms with E-state index in [4.69, 9.17) is 14.2 Å². The summed E-state index contributed by atoms with van der Waals surface area (Å²) in [4.78, 5) is 38.0. The highest BCUT2D eigenvalue weighted by Gasteiger charge is 2.19. The van der Waals surface area contributed by atoms with Gasteiger partial charge in [0.15, 0.2) is 6.10 Å². The molecule has 0 fully saturated rings. The van der Waals surface area contributed by atoms with Crippen molar-refractivity contribution >= 4 is 17.9 Å². The van der Waals surface area contributed by atoms with Gasteiger partial charge in [0.2, 0.25) is 0 Å². The Labute approximate surface area is 380 Å². The molecule has 0 bridgehead atoms. The summed E-state index contributed by atoms with van der Waals surface area (Å²) < 4.78 is 16.8. The zero-order valence-corrected chi connectivity index (χ0v) is 41.6. The predicted octanol–water partition coefficient (Wildman–Crippen LogP) is 17.8. The Morgan fingerprint density at radius 1 is 0.328 bits per heavy atom. The van der Waals surface area contributed by atoms with Crippen molar-refractivity contribution in [3.8, 4) is 0 Å². The number of carbonyl (C=O) groups is 3. The molecule has 2 atom stereocenters. The van der Waals surface area contributed by atoms with Crippen molar-refractivity contribution in [2.45, 2.75) is 316 Å². The van der Waals surface area contributed by atoms with Crippen molar-refractivity contribution in [2.75, 3.05) is 13.2 Å². The van der Waals surface area contributed by atoms with Gasteiger partial charge in [-0.2, -0.15) is 0 Å². The van der Waals surface area contributed by atoms with Crippen LogP contribution in [0.2, 0.25) is 0 Å². The molecule has 0 aromatic rings. The lowest BCUT2D eigenvalue weighted by molar-refractivity contribution is -0.167. The maximum atomic E-state index is 12.8. The lowest BCUT2D eigenvalue weighted by Gasteiger charge is -2.18. The Morgan fingerprint density at radius 2 is 0.574 bits per heavy atom. The van der Waals surface area contributed by atoms with Gasteiger partial charge >= 0.3 is 17.9 Å². The van der Waals surface area contributed by atoms with Gasteiger partial charge in [0.25, 0.3) is 0 Å². The maximum Gasteiger partial charge on any atom is 0.306 e. The topological polar surface area (TPSA) is 78.9 Å². The molecule has 6 heteroatoms. The third kappa shape index (κ3) is 47.7. The number of hydrogen-bond donors (Lipinski definition) is 0. The largest absolute Gasteiger partial charge is 0.462 e. The number of rotatable bonds is 50. The van der Waals surface area contributed by atoms with Gasteiger partial charge in [-0.15, -0.1) is 0 Å². The summed E-state index contributed by atoms with van der Waals surface area (Å²) in [6.45, 7) is 9.06. The van der Waals surface area contributed by atoms with Crippen molar-refractivity contribution in [1.82, 2.24) is 0 Å². The molecule has 0 aromatic heterocycles. The highest BCUT2D eigenvalue weighted by Crippen LogP contribution is 2.18. The number of ether oxygens (including phenoxy) is 3. The molecule has 0 spiro atoms. The van der Waals surface area contributed by atoms with Crippen LogP contribution in [0.4, 0.5) is 0 Å². The van der Waals surface area contributed by atoms with Crippen LogP contribution < -0.4 is 0 Å². The average Bonchev–Trinajstić information content (AvgIpc) is 3.26. The fraction of sp³-hybridized carbons (Fsp3) is 0.945. The minimum Gasteiger partial charge on any atom is -0.462 e. The Hall–Kier alpha value is -1.59. The van der Waals surface area contributed by atoms with E-state index in [0.717, 1.165) is 63.7 Å². The van der Waals surface area contributed by atoms with E-state index in [1.165, 1.54) is 205 Å². The lowest BCUT2D eigenvalue weighted by atomic mass is 9.99. The molecule has 362 valence electrons. The summed E-state index contributed by atoms with van der Waals surface area (Å²) in [5.74, 6) is 0.0257. The van der Waals surface area contributed by atoms with Gasteiger partial charge in [0.1, 0.15) is 13.2 Å². The molecule has 0 saturated carbocycles. The molecule has 0 radical (unpaired) electrons. The minimum absolute atomic E-state index is 0.0625. The van der Waals surface area contributed by atoms with E-state index in [0.29, 0.717) is 19.3 Å². The summed E-state index contributed by atoms with van der Waals surface area (Å²) in [6, 6.07) is 0. The molecule has 0 amide bonds. The van der Waals surface area contributed by atoms with Gasteiger partial charge in [-0.3, -0.25) is 14.4 Å². The van der Waals surface area contributed by atoms with Crippen LogP contribution >= 0.6 is 0 Å². The smallest absolute Gasteiger partial charge is 0.306 e. The van der Waals surface area contributed by atoms with Gasteiger partial charge in [-0.1, -0.05) is 272 Å². The average molecular weight is 863 g/mol. The van der Waals surface area contributed by atoms with E-state index in [-0.39, 0.29) is 31.1 Å². The summed E-state index contributed by atoms with van der Waals surface area (Å²) in [6.07, 6.45) is 52.3. The Bertz CT molecular complexity index is 920. The van der Waals surface area contributed by atoms with E-state index in [2.05, 4.69) is 27.7 Å². The van der Waals surface area contributed by atoms with Crippen molar-refractivity contribution in [1.29, 1.82) is 0 Å². The Morgan fingerprint density at radius 3 is 0.852 bits per heavy atom. The molecule has 0 N–H and O–H groups in total. The molecular weight excluding hydrogens is 757 g/mol. The van der Waals surface area contributed by atoms with Crippen LogP contribution in [-0.4, -0.2) is 37.2 Å². The Balaban J connectivity index is 4.27. The zero-order chi connectivity index (χ0) is 44.5. The molecule has 6 nitrogen and oxygen atoms in total. The van der Waals surface area contributed by atoms with Crippen molar-refractivity contribution in [3.05, 3.63) is 0 Å². The molecule has 0 saturated heterocycles. The highest BCUT2D eigenvalue weighted by molar-refractivity contribution is 5.71. The molecular formula is C55H106O6. The first kappa shape index (κ1) is 59.4. The molecule has 0 aromatic carbocycles. The molecule has 0 aliphatic rings. The van der Waals surface area contributed by atoms with Gasteiger partial charge in [-0.05, 0) is 25.2 Å². The Kier molecular flexibility index (Phi) is 48.1. The van der Waals surface area contributed by atoms with E-state index >= 15 is 0 Å².